The third-order valence-electron chi connectivity index (χ3n) is 6.29. The van der Waals surface area contributed by atoms with Crippen LogP contribution in [-0.4, -0.2) is 72.7 Å². The van der Waals surface area contributed by atoms with E-state index in [0.29, 0.717) is 35.3 Å². The van der Waals surface area contributed by atoms with Gasteiger partial charge in [0.15, 0.2) is 0 Å². The number of carbonyl (C=O) groups is 2. The van der Waals surface area contributed by atoms with Crippen LogP contribution in [0.4, 0.5) is 4.39 Å². The molecule has 1 radical (unpaired) electrons. The van der Waals surface area contributed by atoms with Gasteiger partial charge in [0, 0.05) is 0 Å². The van der Waals surface area contributed by atoms with E-state index in [0.717, 1.165) is 11.6 Å². The van der Waals surface area contributed by atoms with Gasteiger partial charge in [0.2, 0.25) is 0 Å². The van der Waals surface area contributed by atoms with Crippen LogP contribution in [0.5, 0.6) is 5.75 Å². The molecule has 0 bridgehead atoms. The number of hydrogen-bond acceptors (Lipinski definition) is 9. The van der Waals surface area contributed by atoms with E-state index in [9.17, 15) is 22.4 Å². The van der Waals surface area contributed by atoms with Gasteiger partial charge in [-0.15, -0.1) is 0 Å². The first-order valence-corrected chi connectivity index (χ1v) is 16.6. The Morgan fingerprint density at radius 1 is 1.18 bits per heavy atom. The van der Waals surface area contributed by atoms with E-state index < -0.39 is 34.5 Å². The molecule has 0 aliphatic carbocycles. The molecule has 12 heteroatoms. The standard InChI is InChI=1S/C27H24AsFNO8S/c1-16(31)38-19-13-30(14-19)10-3-4-17-12-18(29)5-8-24(17)39(33,34)28-22-7-6-21-20-9-11-36-23(20)15-37-26(21)25(22)27(32)35-2/h3-9,11-12,19H,10,13-15H2,1-2H3. The summed E-state index contributed by atoms with van der Waals surface area (Å²) in [5.74, 6) is -0.758. The summed E-state index contributed by atoms with van der Waals surface area (Å²) in [5, 5.41) is 0. The topological polar surface area (TPSA) is 112 Å². The predicted octanol–water partition coefficient (Wildman–Crippen LogP) is 2.74. The van der Waals surface area contributed by atoms with Gasteiger partial charge >= 0.3 is 231 Å². The number of benzene rings is 2. The number of nitrogens with zero attached hydrogens (tertiary/aromatic N) is 1. The minimum atomic E-state index is -3.94. The van der Waals surface area contributed by atoms with E-state index in [2.05, 4.69) is 0 Å². The van der Waals surface area contributed by atoms with Crippen LogP contribution < -0.4 is 9.09 Å². The minimum absolute atomic E-state index is 0.0341. The van der Waals surface area contributed by atoms with Crippen molar-refractivity contribution in [2.75, 3.05) is 26.7 Å². The molecule has 39 heavy (non-hydrogen) atoms. The third kappa shape index (κ3) is 5.66. The first kappa shape index (κ1) is 27.2. The maximum atomic E-state index is 14.1. The molecule has 2 aliphatic rings. The van der Waals surface area contributed by atoms with Crippen molar-refractivity contribution in [1.82, 2.24) is 4.90 Å². The molecule has 0 atom stereocenters. The summed E-state index contributed by atoms with van der Waals surface area (Å²) in [6.45, 7) is 3.07. The third-order valence-corrected chi connectivity index (χ3v) is 12.4. The normalized spacial score (nSPS) is 15.6. The molecule has 3 heterocycles. The van der Waals surface area contributed by atoms with Gasteiger partial charge < -0.3 is 0 Å². The fourth-order valence-corrected chi connectivity index (χ4v) is 10.5. The summed E-state index contributed by atoms with van der Waals surface area (Å²) in [4.78, 5) is 25.8. The second kappa shape index (κ2) is 11.0. The Bertz CT molecular complexity index is 1580. The summed E-state index contributed by atoms with van der Waals surface area (Å²) in [6, 6.07) is 8.57. The van der Waals surface area contributed by atoms with E-state index >= 15 is 0 Å². The van der Waals surface area contributed by atoms with Crippen LogP contribution >= 0.6 is 0 Å². The summed E-state index contributed by atoms with van der Waals surface area (Å²) >= 11 is -1.65. The Balaban J connectivity index is 1.41. The zero-order valence-corrected chi connectivity index (χ0v) is 23.7. The molecule has 0 amide bonds. The van der Waals surface area contributed by atoms with Crippen molar-refractivity contribution in [3.05, 3.63) is 71.4 Å². The van der Waals surface area contributed by atoms with Gasteiger partial charge in [0.05, 0.1) is 0 Å². The van der Waals surface area contributed by atoms with Crippen molar-refractivity contribution in [1.29, 1.82) is 0 Å². The molecular formula is C27H24AsFNO8S. The summed E-state index contributed by atoms with van der Waals surface area (Å²) in [6.07, 6.45) is 4.67. The number of furan rings is 1. The molecular weight excluding hydrogens is 592 g/mol. The van der Waals surface area contributed by atoms with Gasteiger partial charge in [-0.05, 0) is 0 Å². The fraction of sp³-hybridized carbons (Fsp3) is 0.259. The van der Waals surface area contributed by atoms with Gasteiger partial charge in [-0.3, -0.25) is 0 Å². The zero-order chi connectivity index (χ0) is 27.7. The van der Waals surface area contributed by atoms with E-state index in [4.69, 9.17) is 18.6 Å². The molecule has 0 saturated carbocycles. The van der Waals surface area contributed by atoms with Crippen LogP contribution in [0.15, 0.2) is 58.1 Å². The quantitative estimate of drug-likeness (QED) is 0.279. The van der Waals surface area contributed by atoms with Crippen molar-refractivity contribution in [2.45, 2.75) is 24.5 Å². The summed E-state index contributed by atoms with van der Waals surface area (Å²) in [7, 11) is -2.72. The van der Waals surface area contributed by atoms with Crippen molar-refractivity contribution >= 4 is 45.1 Å². The van der Waals surface area contributed by atoms with E-state index in [1.54, 1.807) is 30.4 Å². The van der Waals surface area contributed by atoms with E-state index in [-0.39, 0.29) is 40.5 Å². The van der Waals surface area contributed by atoms with Gasteiger partial charge in [-0.25, -0.2) is 0 Å². The second-order valence-corrected chi connectivity index (χ2v) is 15.7. The van der Waals surface area contributed by atoms with Crippen molar-refractivity contribution in [2.24, 2.45) is 0 Å². The molecule has 9 nitrogen and oxygen atoms in total. The molecule has 2 aliphatic heterocycles. The number of fused-ring (bicyclic) bond motifs is 3. The van der Waals surface area contributed by atoms with Crippen LogP contribution in [-0.2, 0) is 29.0 Å². The zero-order valence-electron chi connectivity index (χ0n) is 21.0. The molecule has 0 spiro atoms. The molecule has 0 N–H and O–H groups in total. The molecule has 3 aromatic rings. The Kier molecular flexibility index (Phi) is 7.66. The molecule has 203 valence electrons. The summed E-state index contributed by atoms with van der Waals surface area (Å²) < 4.78 is 63.1. The van der Waals surface area contributed by atoms with Gasteiger partial charge in [-0.2, -0.15) is 0 Å². The molecule has 1 saturated heterocycles. The first-order chi connectivity index (χ1) is 18.7. The predicted molar refractivity (Wildman–Crippen MR) is 140 cm³/mol. The molecule has 5 rings (SSSR count). The molecule has 1 aromatic heterocycles. The van der Waals surface area contributed by atoms with Crippen LogP contribution in [0.2, 0.25) is 0 Å². The number of esters is 2. The van der Waals surface area contributed by atoms with Crippen molar-refractivity contribution in [3.8, 4) is 16.9 Å². The van der Waals surface area contributed by atoms with Crippen molar-refractivity contribution in [3.63, 3.8) is 0 Å². The number of hydrogen-bond donors (Lipinski definition) is 0. The van der Waals surface area contributed by atoms with Gasteiger partial charge in [0.1, 0.15) is 0 Å². The fourth-order valence-electron chi connectivity index (χ4n) is 4.51. The number of ether oxygens (including phenoxy) is 3. The maximum absolute atomic E-state index is 14.1. The van der Waals surface area contributed by atoms with Crippen LogP contribution in [0.25, 0.3) is 17.2 Å². The van der Waals surface area contributed by atoms with Gasteiger partial charge in [-0.1, -0.05) is 0 Å². The second-order valence-electron chi connectivity index (χ2n) is 8.97. The van der Waals surface area contributed by atoms with Crippen LogP contribution in [0.3, 0.4) is 0 Å². The number of rotatable bonds is 8. The molecule has 2 aromatic carbocycles. The Hall–Kier alpha value is -3.40. The van der Waals surface area contributed by atoms with Crippen LogP contribution in [0.1, 0.15) is 28.6 Å². The molecule has 0 unspecified atom stereocenters. The number of methoxy groups -OCH3 is 1. The average Bonchev–Trinajstić information content (AvgIpc) is 3.35. The number of carbonyl (C=O) groups excluding carboxylic acids is 2. The van der Waals surface area contributed by atoms with Crippen LogP contribution in [0, 0.1) is 5.82 Å². The summed E-state index contributed by atoms with van der Waals surface area (Å²) in [5.41, 5.74) is 1.64. The SMILES string of the molecule is COC(=O)c1c([As]S(=O)(=O)c2ccc(F)cc2C=CCN2CC(OC(C)=O)C2)ccc2c1OCc1occc1-2. The first-order valence-electron chi connectivity index (χ1n) is 11.9. The van der Waals surface area contributed by atoms with Crippen molar-refractivity contribution < 1.29 is 41.0 Å². The Morgan fingerprint density at radius 2 is 1.97 bits per heavy atom. The number of halogens is 1. The monoisotopic (exact) mass is 616 g/mol. The van der Waals surface area contributed by atoms with E-state index in [1.807, 2.05) is 4.90 Å². The Labute approximate surface area is 230 Å². The van der Waals surface area contributed by atoms with E-state index in [1.165, 1.54) is 32.4 Å². The number of likely N-dealkylation sites (tertiary alicyclic amines) is 1. The van der Waals surface area contributed by atoms with Gasteiger partial charge in [0.25, 0.3) is 0 Å². The molecule has 1 fully saturated rings. The Morgan fingerprint density at radius 3 is 2.72 bits per heavy atom. The average molecular weight is 616 g/mol.